The zero-order valence-electron chi connectivity index (χ0n) is 23.6. The van der Waals surface area contributed by atoms with Gasteiger partial charge in [-0.15, -0.1) is 0 Å². The lowest BCUT2D eigenvalue weighted by atomic mass is 9.75. The van der Waals surface area contributed by atoms with Crippen molar-refractivity contribution in [1.29, 1.82) is 0 Å². The molecule has 3 rings (SSSR count). The molecule has 1 unspecified atom stereocenters. The number of ether oxygens (including phenoxy) is 2. The Hall–Kier alpha value is -2.83. The number of hydrogen-bond donors (Lipinski definition) is 3. The minimum Gasteiger partial charge on any atom is -0.481 e. The topological polar surface area (TPSA) is 142 Å². The molecule has 228 valence electrons. The van der Waals surface area contributed by atoms with Crippen molar-refractivity contribution in [2.24, 2.45) is 17.3 Å². The molecule has 40 heavy (non-hydrogen) atoms. The minimum atomic E-state index is -4.95. The highest BCUT2D eigenvalue weighted by molar-refractivity contribution is 5.83. The van der Waals surface area contributed by atoms with Gasteiger partial charge < -0.3 is 29.9 Å². The van der Waals surface area contributed by atoms with Crippen LogP contribution in [0.3, 0.4) is 0 Å². The Kier molecular flexibility index (Phi) is 11.0. The Bertz CT molecular complexity index is 956. The van der Waals surface area contributed by atoms with E-state index in [0.29, 0.717) is 32.5 Å². The predicted octanol–water partition coefficient (Wildman–Crippen LogP) is 4.38. The number of nitrogens with zero attached hydrogens (tertiary/aromatic N) is 1. The van der Waals surface area contributed by atoms with E-state index in [1.54, 1.807) is 46.8 Å². The summed E-state index contributed by atoms with van der Waals surface area (Å²) in [6.45, 7) is 9.48. The fraction of sp³-hybridized carbons (Fsp3) is 0.778. The average molecular weight is 579 g/mol. The second-order valence-electron chi connectivity index (χ2n) is 11.9. The number of alkyl carbamates (subject to hydrolysis) is 1. The number of amides is 2. The van der Waals surface area contributed by atoms with E-state index in [4.69, 9.17) is 14.6 Å². The summed E-state index contributed by atoms with van der Waals surface area (Å²) in [5, 5.41) is 21.0. The number of halogens is 3. The SMILES string of the molecule is CC(C)(C)OC(=O)N[C@@H]1C=C[C@H](C(=O)O)C1.CC(C)[C@]1(C(=O)O)CCC(N(C(=O)C(F)(F)F)C2CCOCC2)C1. The second kappa shape index (κ2) is 13.2. The van der Waals surface area contributed by atoms with Crippen LogP contribution in [0.1, 0.15) is 73.1 Å². The number of hydrogen-bond acceptors (Lipinski definition) is 6. The van der Waals surface area contributed by atoms with Crippen LogP contribution < -0.4 is 5.32 Å². The van der Waals surface area contributed by atoms with Crippen LogP contribution in [0.15, 0.2) is 12.2 Å². The molecule has 1 heterocycles. The lowest BCUT2D eigenvalue weighted by Crippen LogP contribution is -2.53. The van der Waals surface area contributed by atoms with Crippen molar-refractivity contribution in [1.82, 2.24) is 10.2 Å². The van der Waals surface area contributed by atoms with E-state index in [2.05, 4.69) is 5.32 Å². The van der Waals surface area contributed by atoms with Crippen LogP contribution in [0.25, 0.3) is 0 Å². The number of nitrogens with one attached hydrogen (secondary N) is 1. The summed E-state index contributed by atoms with van der Waals surface area (Å²) in [4.78, 5) is 46.7. The van der Waals surface area contributed by atoms with Crippen LogP contribution >= 0.6 is 0 Å². The van der Waals surface area contributed by atoms with Gasteiger partial charge in [-0.2, -0.15) is 13.2 Å². The molecule has 2 fully saturated rings. The summed E-state index contributed by atoms with van der Waals surface area (Å²) >= 11 is 0. The molecular formula is C27H41F3N2O8. The smallest absolute Gasteiger partial charge is 0.471 e. The summed E-state index contributed by atoms with van der Waals surface area (Å²) in [5.41, 5.74) is -1.61. The molecule has 3 N–H and O–H groups in total. The third-order valence-electron chi connectivity index (χ3n) is 7.61. The standard InChI is InChI=1S/C16H24F3NO4.C11H17NO4/c1-10(2)15(14(22)23)6-3-12(9-15)20(13(21)16(17,18)19)11-4-7-24-8-5-11;1-11(2,3)16-10(15)12-8-5-4-7(6-8)9(13)14/h10-12H,3-9H2,1-2H3,(H,22,23);4-5,7-8H,6H2,1-3H3,(H,12,15)(H,13,14)/t12?,15-;7-,8+/m00/s1. The van der Waals surface area contributed by atoms with Crippen molar-refractivity contribution in [3.05, 3.63) is 12.2 Å². The van der Waals surface area contributed by atoms with Gasteiger partial charge in [-0.1, -0.05) is 26.0 Å². The average Bonchev–Trinajstić information content (AvgIpc) is 3.47. The maximum Gasteiger partial charge on any atom is 0.471 e. The first-order valence-corrected chi connectivity index (χ1v) is 13.5. The Morgan fingerprint density at radius 2 is 1.62 bits per heavy atom. The van der Waals surface area contributed by atoms with E-state index in [1.165, 1.54) is 0 Å². The van der Waals surface area contributed by atoms with Gasteiger partial charge in [0, 0.05) is 25.3 Å². The number of carboxylic acids is 2. The van der Waals surface area contributed by atoms with Crippen molar-refractivity contribution in [2.75, 3.05) is 13.2 Å². The van der Waals surface area contributed by atoms with Crippen molar-refractivity contribution in [3.63, 3.8) is 0 Å². The fourth-order valence-electron chi connectivity index (χ4n) is 5.44. The van der Waals surface area contributed by atoms with Crippen molar-refractivity contribution >= 4 is 23.9 Å². The zero-order chi connectivity index (χ0) is 30.5. The normalized spacial score (nSPS) is 27.1. The molecule has 13 heteroatoms. The van der Waals surface area contributed by atoms with Gasteiger partial charge in [-0.3, -0.25) is 14.4 Å². The van der Waals surface area contributed by atoms with Crippen molar-refractivity contribution < 1.29 is 52.0 Å². The molecule has 2 aliphatic carbocycles. The first-order chi connectivity index (χ1) is 18.4. The van der Waals surface area contributed by atoms with Crippen molar-refractivity contribution in [3.8, 4) is 0 Å². The van der Waals surface area contributed by atoms with E-state index in [1.807, 2.05) is 0 Å². The lowest BCUT2D eigenvalue weighted by Gasteiger charge is -2.39. The maximum atomic E-state index is 13.1. The predicted molar refractivity (Wildman–Crippen MR) is 137 cm³/mol. The molecule has 3 aliphatic rings. The Morgan fingerprint density at radius 1 is 1.02 bits per heavy atom. The van der Waals surface area contributed by atoms with Crippen LogP contribution in [0, 0.1) is 17.3 Å². The summed E-state index contributed by atoms with van der Waals surface area (Å²) in [6, 6.07) is -1.49. The number of rotatable bonds is 6. The molecule has 10 nitrogen and oxygen atoms in total. The molecule has 1 saturated carbocycles. The monoisotopic (exact) mass is 578 g/mol. The molecule has 0 spiro atoms. The number of carbonyl (C=O) groups excluding carboxylic acids is 2. The first kappa shape index (κ1) is 33.4. The summed E-state index contributed by atoms with van der Waals surface area (Å²) in [5.74, 6) is -4.45. The number of carboxylic acid groups (broad SMARTS) is 2. The largest absolute Gasteiger partial charge is 0.481 e. The summed E-state index contributed by atoms with van der Waals surface area (Å²) < 4.78 is 49.5. The van der Waals surface area contributed by atoms with Gasteiger partial charge >= 0.3 is 30.1 Å². The molecule has 4 atom stereocenters. The summed E-state index contributed by atoms with van der Waals surface area (Å²) in [7, 11) is 0. The van der Waals surface area contributed by atoms with Gasteiger partial charge in [0.05, 0.1) is 17.4 Å². The van der Waals surface area contributed by atoms with Gasteiger partial charge in [-0.25, -0.2) is 4.79 Å². The van der Waals surface area contributed by atoms with Crippen LogP contribution in [-0.2, 0) is 23.9 Å². The van der Waals surface area contributed by atoms with E-state index < -0.39 is 59.1 Å². The van der Waals surface area contributed by atoms with E-state index in [-0.39, 0.29) is 31.2 Å². The number of alkyl halides is 3. The van der Waals surface area contributed by atoms with Crippen LogP contribution in [0.5, 0.6) is 0 Å². The molecular weight excluding hydrogens is 537 g/mol. The minimum absolute atomic E-state index is 0.0686. The fourth-order valence-corrected chi connectivity index (χ4v) is 5.44. The highest BCUT2D eigenvalue weighted by atomic mass is 19.4. The summed E-state index contributed by atoms with van der Waals surface area (Å²) in [6.07, 6.45) is -0.488. The van der Waals surface area contributed by atoms with Gasteiger partial charge in [0.15, 0.2) is 0 Å². The molecule has 0 aromatic rings. The molecule has 0 radical (unpaired) electrons. The molecule has 0 aromatic carbocycles. The second-order valence-corrected chi connectivity index (χ2v) is 11.9. The zero-order valence-corrected chi connectivity index (χ0v) is 23.6. The maximum absolute atomic E-state index is 13.1. The Balaban J connectivity index is 0.000000305. The van der Waals surface area contributed by atoms with Gasteiger partial charge in [0.1, 0.15) is 5.60 Å². The molecule has 1 saturated heterocycles. The third kappa shape index (κ3) is 8.84. The van der Waals surface area contributed by atoms with Gasteiger partial charge in [0.2, 0.25) is 0 Å². The number of aliphatic carboxylic acids is 2. The highest BCUT2D eigenvalue weighted by Crippen LogP contribution is 2.47. The molecule has 1 aliphatic heterocycles. The lowest BCUT2D eigenvalue weighted by molar-refractivity contribution is -0.192. The highest BCUT2D eigenvalue weighted by Gasteiger charge is 2.54. The Labute approximate surface area is 232 Å². The van der Waals surface area contributed by atoms with E-state index >= 15 is 0 Å². The van der Waals surface area contributed by atoms with E-state index in [9.17, 15) is 37.5 Å². The van der Waals surface area contributed by atoms with E-state index in [0.717, 1.165) is 4.90 Å². The molecule has 2 amide bonds. The third-order valence-corrected chi connectivity index (χ3v) is 7.61. The Morgan fingerprint density at radius 3 is 2.05 bits per heavy atom. The van der Waals surface area contributed by atoms with Crippen LogP contribution in [0.2, 0.25) is 0 Å². The van der Waals surface area contributed by atoms with Crippen LogP contribution in [-0.4, -0.2) is 82.2 Å². The molecule has 0 aromatic heterocycles. The van der Waals surface area contributed by atoms with Crippen molar-refractivity contribution in [2.45, 2.75) is 103 Å². The van der Waals surface area contributed by atoms with Gasteiger partial charge in [0.25, 0.3) is 0 Å². The molecule has 0 bridgehead atoms. The van der Waals surface area contributed by atoms with Gasteiger partial charge in [-0.05, 0) is 65.2 Å². The number of carbonyl (C=O) groups is 4. The van der Waals surface area contributed by atoms with Crippen LogP contribution in [0.4, 0.5) is 18.0 Å². The quantitative estimate of drug-likeness (QED) is 0.394. The first-order valence-electron chi connectivity index (χ1n) is 13.5.